The summed E-state index contributed by atoms with van der Waals surface area (Å²) in [7, 11) is 1.55. The van der Waals surface area contributed by atoms with E-state index >= 15 is 0 Å². The minimum Gasteiger partial charge on any atom is -0.481 e. The summed E-state index contributed by atoms with van der Waals surface area (Å²) < 4.78 is 0. The van der Waals surface area contributed by atoms with Crippen LogP contribution in [0.1, 0.15) is 19.8 Å². The van der Waals surface area contributed by atoms with E-state index in [1.807, 2.05) is 0 Å². The summed E-state index contributed by atoms with van der Waals surface area (Å²) in [5, 5.41) is 8.91. The Bertz CT molecular complexity index is 329. The lowest BCUT2D eigenvalue weighted by atomic mass is 9.98. The van der Waals surface area contributed by atoms with Crippen molar-refractivity contribution >= 4 is 17.8 Å². The first-order valence-electron chi connectivity index (χ1n) is 5.64. The number of carboxylic acid groups (broad SMARTS) is 1. The van der Waals surface area contributed by atoms with Gasteiger partial charge in [-0.05, 0) is 12.8 Å². The molecule has 0 bridgehead atoms. The highest BCUT2D eigenvalue weighted by Gasteiger charge is 2.28. The van der Waals surface area contributed by atoms with Crippen LogP contribution in [0.4, 0.5) is 0 Å². The van der Waals surface area contributed by atoms with Crippen LogP contribution in [-0.2, 0) is 14.4 Å². The molecule has 17 heavy (non-hydrogen) atoms. The molecule has 2 amide bonds. The Hall–Kier alpha value is -1.59. The molecule has 1 saturated heterocycles. The van der Waals surface area contributed by atoms with Gasteiger partial charge in [0.15, 0.2) is 0 Å². The van der Waals surface area contributed by atoms with Gasteiger partial charge in [0.05, 0.1) is 12.5 Å². The molecule has 0 aromatic heterocycles. The number of nitrogens with zero attached hydrogens (tertiary/aromatic N) is 2. The summed E-state index contributed by atoms with van der Waals surface area (Å²) >= 11 is 0. The van der Waals surface area contributed by atoms with Gasteiger partial charge in [0.1, 0.15) is 0 Å². The fourth-order valence-electron chi connectivity index (χ4n) is 1.82. The molecule has 0 spiro atoms. The Balaban J connectivity index is 2.52. The van der Waals surface area contributed by atoms with Crippen molar-refractivity contribution < 1.29 is 19.5 Å². The molecule has 6 heteroatoms. The van der Waals surface area contributed by atoms with Crippen molar-refractivity contribution in [3.05, 3.63) is 0 Å². The van der Waals surface area contributed by atoms with Crippen LogP contribution in [0.15, 0.2) is 0 Å². The Morgan fingerprint density at radius 3 is 2.59 bits per heavy atom. The summed E-state index contributed by atoms with van der Waals surface area (Å²) in [6, 6.07) is 0. The summed E-state index contributed by atoms with van der Waals surface area (Å²) in [6.07, 6.45) is 1.31. The topological polar surface area (TPSA) is 77.9 Å². The van der Waals surface area contributed by atoms with E-state index in [0.717, 1.165) is 0 Å². The Labute approximate surface area is 100 Å². The maximum Gasteiger partial charge on any atom is 0.308 e. The SMILES string of the molecule is CC(=O)N(C)CC(=O)N1CCCC(C(=O)O)C1. The fraction of sp³-hybridized carbons (Fsp3) is 0.727. The van der Waals surface area contributed by atoms with Gasteiger partial charge in [-0.1, -0.05) is 0 Å². The van der Waals surface area contributed by atoms with Crippen LogP contribution < -0.4 is 0 Å². The van der Waals surface area contributed by atoms with Gasteiger partial charge < -0.3 is 14.9 Å². The van der Waals surface area contributed by atoms with Crippen LogP contribution in [0.2, 0.25) is 0 Å². The lowest BCUT2D eigenvalue weighted by Crippen LogP contribution is -2.46. The van der Waals surface area contributed by atoms with Crippen LogP contribution in [0.25, 0.3) is 0 Å². The average molecular weight is 242 g/mol. The molecule has 1 heterocycles. The second-order valence-corrected chi connectivity index (χ2v) is 4.39. The second-order valence-electron chi connectivity index (χ2n) is 4.39. The molecule has 6 nitrogen and oxygen atoms in total. The molecule has 1 fully saturated rings. The Morgan fingerprint density at radius 2 is 2.06 bits per heavy atom. The minimum absolute atomic E-state index is 0.0155. The summed E-state index contributed by atoms with van der Waals surface area (Å²) in [5.74, 6) is -1.70. The zero-order valence-electron chi connectivity index (χ0n) is 10.2. The summed E-state index contributed by atoms with van der Waals surface area (Å²) in [5.41, 5.74) is 0. The maximum atomic E-state index is 11.8. The zero-order valence-corrected chi connectivity index (χ0v) is 10.2. The number of aliphatic carboxylic acids is 1. The number of amides is 2. The third-order valence-electron chi connectivity index (χ3n) is 3.03. The molecular weight excluding hydrogens is 224 g/mol. The molecule has 96 valence electrons. The molecule has 1 unspecified atom stereocenters. The van der Waals surface area contributed by atoms with Crippen LogP contribution in [0.5, 0.6) is 0 Å². The van der Waals surface area contributed by atoms with E-state index in [1.54, 1.807) is 7.05 Å². The van der Waals surface area contributed by atoms with Gasteiger partial charge in [-0.15, -0.1) is 0 Å². The van der Waals surface area contributed by atoms with E-state index < -0.39 is 11.9 Å². The lowest BCUT2D eigenvalue weighted by molar-refractivity contribution is -0.147. The van der Waals surface area contributed by atoms with Crippen molar-refractivity contribution in [3.8, 4) is 0 Å². The van der Waals surface area contributed by atoms with E-state index in [0.29, 0.717) is 19.4 Å². The first-order chi connectivity index (χ1) is 7.91. The highest BCUT2D eigenvalue weighted by Crippen LogP contribution is 2.16. The van der Waals surface area contributed by atoms with Crippen molar-refractivity contribution in [1.29, 1.82) is 0 Å². The van der Waals surface area contributed by atoms with Gasteiger partial charge in [0, 0.05) is 27.1 Å². The minimum atomic E-state index is -0.859. The van der Waals surface area contributed by atoms with Crippen LogP contribution in [-0.4, -0.2) is 59.4 Å². The molecule has 0 radical (unpaired) electrons. The Kier molecular flexibility index (Phi) is 4.48. The molecule has 1 atom stereocenters. The molecular formula is C11H18N2O4. The molecule has 1 aliphatic rings. The average Bonchev–Trinajstić information content (AvgIpc) is 2.28. The quantitative estimate of drug-likeness (QED) is 0.742. The molecule has 0 aromatic rings. The van der Waals surface area contributed by atoms with Crippen LogP contribution in [0, 0.1) is 5.92 Å². The van der Waals surface area contributed by atoms with E-state index in [4.69, 9.17) is 5.11 Å². The molecule has 1 aliphatic heterocycles. The number of hydrogen-bond acceptors (Lipinski definition) is 3. The first kappa shape index (κ1) is 13.5. The van der Waals surface area contributed by atoms with E-state index in [9.17, 15) is 14.4 Å². The second kappa shape index (κ2) is 5.65. The predicted molar refractivity (Wildman–Crippen MR) is 60.3 cm³/mol. The largest absolute Gasteiger partial charge is 0.481 e. The number of carbonyl (C=O) groups excluding carboxylic acids is 2. The van der Waals surface area contributed by atoms with E-state index in [2.05, 4.69) is 0 Å². The number of likely N-dealkylation sites (N-methyl/N-ethyl adjacent to an activating group) is 1. The van der Waals surface area contributed by atoms with Gasteiger partial charge in [-0.2, -0.15) is 0 Å². The molecule has 0 saturated carbocycles. The van der Waals surface area contributed by atoms with Gasteiger partial charge >= 0.3 is 5.97 Å². The van der Waals surface area contributed by atoms with E-state index in [1.165, 1.54) is 16.7 Å². The molecule has 1 rings (SSSR count). The molecule has 0 aromatic carbocycles. The number of piperidine rings is 1. The van der Waals surface area contributed by atoms with Gasteiger partial charge in [-0.3, -0.25) is 14.4 Å². The zero-order chi connectivity index (χ0) is 13.0. The van der Waals surface area contributed by atoms with Gasteiger partial charge in [-0.25, -0.2) is 0 Å². The third kappa shape index (κ3) is 3.72. The van der Waals surface area contributed by atoms with E-state index in [-0.39, 0.29) is 24.9 Å². The van der Waals surface area contributed by atoms with Crippen LogP contribution in [0.3, 0.4) is 0 Å². The summed E-state index contributed by atoms with van der Waals surface area (Å²) in [6.45, 7) is 2.24. The third-order valence-corrected chi connectivity index (χ3v) is 3.03. The van der Waals surface area contributed by atoms with Crippen molar-refractivity contribution in [2.45, 2.75) is 19.8 Å². The highest BCUT2D eigenvalue weighted by atomic mass is 16.4. The normalized spacial score (nSPS) is 19.9. The van der Waals surface area contributed by atoms with Crippen molar-refractivity contribution in [2.24, 2.45) is 5.92 Å². The van der Waals surface area contributed by atoms with Crippen molar-refractivity contribution in [3.63, 3.8) is 0 Å². The first-order valence-corrected chi connectivity index (χ1v) is 5.64. The number of likely N-dealkylation sites (tertiary alicyclic amines) is 1. The standard InChI is InChI=1S/C11H18N2O4/c1-8(14)12(2)7-10(15)13-5-3-4-9(6-13)11(16)17/h9H,3-7H2,1-2H3,(H,16,17). The molecule has 0 aliphatic carbocycles. The predicted octanol–water partition coefficient (Wildman–Crippen LogP) is -0.212. The smallest absolute Gasteiger partial charge is 0.308 e. The number of hydrogen-bond donors (Lipinski definition) is 1. The molecule has 1 N–H and O–H groups in total. The van der Waals surface area contributed by atoms with Crippen molar-refractivity contribution in [1.82, 2.24) is 9.80 Å². The Morgan fingerprint density at radius 1 is 1.41 bits per heavy atom. The monoisotopic (exact) mass is 242 g/mol. The highest BCUT2D eigenvalue weighted by molar-refractivity contribution is 5.84. The maximum absolute atomic E-state index is 11.8. The fourth-order valence-corrected chi connectivity index (χ4v) is 1.82. The number of carbonyl (C=O) groups is 3. The summed E-state index contributed by atoms with van der Waals surface area (Å²) in [4.78, 5) is 36.5. The number of carboxylic acids is 1. The lowest BCUT2D eigenvalue weighted by Gasteiger charge is -2.31. The number of rotatable bonds is 3. The van der Waals surface area contributed by atoms with Gasteiger partial charge in [0.2, 0.25) is 11.8 Å². The van der Waals surface area contributed by atoms with Crippen LogP contribution >= 0.6 is 0 Å². The van der Waals surface area contributed by atoms with Gasteiger partial charge in [0.25, 0.3) is 0 Å². The van der Waals surface area contributed by atoms with Crippen molar-refractivity contribution in [2.75, 3.05) is 26.7 Å².